The second kappa shape index (κ2) is 4.56. The monoisotopic (exact) mass is 266 g/mol. The van der Waals surface area contributed by atoms with E-state index >= 15 is 0 Å². The molecule has 1 amide bonds. The molecule has 3 nitrogen and oxygen atoms in total. The average molecular weight is 268 g/mol. The summed E-state index contributed by atoms with van der Waals surface area (Å²) in [7, 11) is 0. The highest BCUT2D eigenvalue weighted by atomic mass is 35.6. The number of rotatable bonds is 1. The molecule has 82 valence electrons. The number of aromatic nitrogens is 1. The van der Waals surface area contributed by atoms with Crippen molar-refractivity contribution in [2.75, 3.05) is 5.32 Å². The fourth-order valence-corrected chi connectivity index (χ4v) is 1.23. The van der Waals surface area contributed by atoms with E-state index in [1.54, 1.807) is 6.07 Å². The first-order chi connectivity index (χ1) is 6.79. The number of pyridine rings is 1. The minimum absolute atomic E-state index is 0.379. The maximum absolute atomic E-state index is 11.3. The van der Waals surface area contributed by atoms with Crippen LogP contribution >= 0.6 is 34.8 Å². The Kier molecular flexibility index (Phi) is 3.82. The lowest BCUT2D eigenvalue weighted by Gasteiger charge is -2.11. The summed E-state index contributed by atoms with van der Waals surface area (Å²) < 4.78 is -1.97. The normalized spacial score (nSPS) is 11.3. The van der Waals surface area contributed by atoms with Gasteiger partial charge in [-0.05, 0) is 31.5 Å². The van der Waals surface area contributed by atoms with Crippen LogP contribution in [0.25, 0.3) is 0 Å². The van der Waals surface area contributed by atoms with E-state index < -0.39 is 9.70 Å². The predicted octanol–water partition coefficient (Wildman–Crippen LogP) is 3.01. The van der Waals surface area contributed by atoms with E-state index in [0.717, 1.165) is 11.3 Å². The molecular weight excluding hydrogens is 258 g/mol. The summed E-state index contributed by atoms with van der Waals surface area (Å²) in [5.41, 5.74) is 1.76. The highest BCUT2D eigenvalue weighted by Crippen LogP contribution is 2.27. The molecule has 0 saturated heterocycles. The highest BCUT2D eigenvalue weighted by Gasteiger charge is 2.30. The fourth-order valence-electron chi connectivity index (χ4n) is 1.09. The summed E-state index contributed by atoms with van der Waals surface area (Å²) in [5, 5.41) is 2.42. The summed E-state index contributed by atoms with van der Waals surface area (Å²) in [4.78, 5) is 15.4. The molecule has 0 saturated carbocycles. The molecule has 15 heavy (non-hydrogen) atoms. The lowest BCUT2D eigenvalue weighted by Crippen LogP contribution is -2.27. The Hall–Kier alpha value is -0.510. The van der Waals surface area contributed by atoms with Gasteiger partial charge in [0.2, 0.25) is 0 Å². The first kappa shape index (κ1) is 12.6. The molecule has 1 N–H and O–H groups in total. The molecular formula is C9H9Cl3N2O. The zero-order valence-corrected chi connectivity index (χ0v) is 10.4. The second-order valence-electron chi connectivity index (χ2n) is 3.12. The minimum atomic E-state index is -1.97. The van der Waals surface area contributed by atoms with Crippen molar-refractivity contribution >= 4 is 46.5 Å². The van der Waals surface area contributed by atoms with Gasteiger partial charge in [-0.1, -0.05) is 34.8 Å². The Morgan fingerprint density at radius 3 is 2.40 bits per heavy atom. The van der Waals surface area contributed by atoms with Crippen LogP contribution in [0, 0.1) is 13.8 Å². The molecule has 1 aromatic rings. The molecule has 0 spiro atoms. The summed E-state index contributed by atoms with van der Waals surface area (Å²) in [5.74, 6) is -0.339. The molecule has 1 heterocycles. The molecule has 1 aromatic heterocycles. The van der Waals surface area contributed by atoms with Crippen molar-refractivity contribution in [3.05, 3.63) is 23.4 Å². The van der Waals surface area contributed by atoms with Crippen molar-refractivity contribution in [1.82, 2.24) is 4.98 Å². The van der Waals surface area contributed by atoms with Crippen molar-refractivity contribution in [3.8, 4) is 0 Å². The van der Waals surface area contributed by atoms with Crippen LogP contribution in [0.3, 0.4) is 0 Å². The van der Waals surface area contributed by atoms with Crippen LogP contribution < -0.4 is 5.32 Å². The topological polar surface area (TPSA) is 42.0 Å². The summed E-state index contributed by atoms with van der Waals surface area (Å²) in [6, 6.07) is 3.58. The molecule has 0 fully saturated rings. The van der Waals surface area contributed by atoms with Gasteiger partial charge >= 0.3 is 0 Å². The number of carbonyl (C=O) groups excluding carboxylic acids is 1. The largest absolute Gasteiger partial charge is 0.307 e. The van der Waals surface area contributed by atoms with Gasteiger partial charge in [0.05, 0.1) is 0 Å². The van der Waals surface area contributed by atoms with Crippen LogP contribution in [0.15, 0.2) is 12.1 Å². The Labute approximate surface area is 103 Å². The van der Waals surface area contributed by atoms with Gasteiger partial charge in [0.1, 0.15) is 5.82 Å². The zero-order chi connectivity index (χ0) is 11.6. The number of hydrogen-bond acceptors (Lipinski definition) is 2. The third-order valence-electron chi connectivity index (χ3n) is 1.60. The van der Waals surface area contributed by atoms with Crippen molar-refractivity contribution in [3.63, 3.8) is 0 Å². The Morgan fingerprint density at radius 2 is 1.93 bits per heavy atom. The van der Waals surface area contributed by atoms with Gasteiger partial charge in [-0.2, -0.15) is 0 Å². The molecule has 0 aliphatic heterocycles. The van der Waals surface area contributed by atoms with Crippen molar-refractivity contribution in [2.45, 2.75) is 17.6 Å². The molecule has 0 atom stereocenters. The number of aryl methyl sites for hydroxylation is 2. The van der Waals surface area contributed by atoms with Gasteiger partial charge in [-0.3, -0.25) is 4.79 Å². The quantitative estimate of drug-likeness (QED) is 0.795. The maximum Gasteiger partial charge on any atom is 0.277 e. The minimum Gasteiger partial charge on any atom is -0.307 e. The Bertz CT molecular complexity index is 367. The van der Waals surface area contributed by atoms with Gasteiger partial charge in [-0.15, -0.1) is 0 Å². The Morgan fingerprint density at radius 1 is 1.33 bits per heavy atom. The van der Waals surface area contributed by atoms with Crippen molar-refractivity contribution in [1.29, 1.82) is 0 Å². The zero-order valence-electron chi connectivity index (χ0n) is 8.14. The number of carbonyl (C=O) groups is 1. The third-order valence-corrected chi connectivity index (χ3v) is 2.11. The molecule has 0 aliphatic carbocycles. The second-order valence-corrected chi connectivity index (χ2v) is 5.40. The van der Waals surface area contributed by atoms with E-state index in [2.05, 4.69) is 10.3 Å². The van der Waals surface area contributed by atoms with E-state index in [1.165, 1.54) is 0 Å². The summed E-state index contributed by atoms with van der Waals surface area (Å²) in [6.07, 6.45) is 0. The van der Waals surface area contributed by atoms with Gasteiger partial charge in [0.15, 0.2) is 0 Å². The summed E-state index contributed by atoms with van der Waals surface area (Å²) >= 11 is 16.2. The van der Waals surface area contributed by atoms with Crippen molar-refractivity contribution < 1.29 is 4.79 Å². The number of nitrogens with zero attached hydrogens (tertiary/aromatic N) is 1. The number of anilines is 1. The van der Waals surface area contributed by atoms with Crippen molar-refractivity contribution in [2.24, 2.45) is 0 Å². The number of amides is 1. The van der Waals surface area contributed by atoms with E-state index in [0.29, 0.717) is 5.82 Å². The fraction of sp³-hybridized carbons (Fsp3) is 0.333. The van der Waals surface area contributed by atoms with Crippen LogP contribution in [-0.4, -0.2) is 14.7 Å². The van der Waals surface area contributed by atoms with Gasteiger partial charge in [0, 0.05) is 5.69 Å². The van der Waals surface area contributed by atoms with Crippen LogP contribution in [0.5, 0.6) is 0 Å². The smallest absolute Gasteiger partial charge is 0.277 e. The van der Waals surface area contributed by atoms with E-state index in [-0.39, 0.29) is 0 Å². The molecule has 0 aromatic carbocycles. The van der Waals surface area contributed by atoms with Gasteiger partial charge < -0.3 is 5.32 Å². The molecule has 0 radical (unpaired) electrons. The number of nitrogens with one attached hydrogen (secondary N) is 1. The average Bonchev–Trinajstić information content (AvgIpc) is 1.99. The first-order valence-electron chi connectivity index (χ1n) is 4.12. The van der Waals surface area contributed by atoms with E-state index in [9.17, 15) is 4.79 Å². The molecule has 0 aliphatic rings. The number of alkyl halides is 3. The molecule has 0 bridgehead atoms. The third kappa shape index (κ3) is 3.86. The SMILES string of the molecule is Cc1cc(C)nc(NC(=O)C(Cl)(Cl)Cl)c1. The number of hydrogen-bond donors (Lipinski definition) is 1. The van der Waals surface area contributed by atoms with Crippen LogP contribution in [0.2, 0.25) is 0 Å². The Balaban J connectivity index is 2.86. The maximum atomic E-state index is 11.3. The van der Waals surface area contributed by atoms with Gasteiger partial charge in [-0.25, -0.2) is 4.98 Å². The predicted molar refractivity (Wildman–Crippen MR) is 62.6 cm³/mol. The number of halogens is 3. The van der Waals surface area contributed by atoms with E-state index in [1.807, 2.05) is 19.9 Å². The van der Waals surface area contributed by atoms with Crippen LogP contribution in [-0.2, 0) is 4.79 Å². The standard InChI is InChI=1S/C9H9Cl3N2O/c1-5-3-6(2)13-7(4-5)14-8(15)9(10,11)12/h3-4H,1-2H3,(H,13,14,15). The summed E-state index contributed by atoms with van der Waals surface area (Å²) in [6.45, 7) is 3.71. The van der Waals surface area contributed by atoms with Gasteiger partial charge in [0.25, 0.3) is 9.70 Å². The molecule has 6 heteroatoms. The lowest BCUT2D eigenvalue weighted by molar-refractivity contribution is -0.115. The molecule has 0 unspecified atom stereocenters. The molecule has 1 rings (SSSR count). The van der Waals surface area contributed by atoms with Crippen LogP contribution in [0.4, 0.5) is 5.82 Å². The van der Waals surface area contributed by atoms with E-state index in [4.69, 9.17) is 34.8 Å². The first-order valence-corrected chi connectivity index (χ1v) is 5.26. The van der Waals surface area contributed by atoms with Crippen LogP contribution in [0.1, 0.15) is 11.3 Å². The highest BCUT2D eigenvalue weighted by molar-refractivity contribution is 6.76. The lowest BCUT2D eigenvalue weighted by atomic mass is 10.2.